The van der Waals surface area contributed by atoms with E-state index in [2.05, 4.69) is 48.1 Å². The highest BCUT2D eigenvalue weighted by Crippen LogP contribution is 2.13. The Balaban J connectivity index is 0.00000264. The first-order valence-electron chi connectivity index (χ1n) is 7.99. The van der Waals surface area contributed by atoms with Gasteiger partial charge in [0.1, 0.15) is 0 Å². The summed E-state index contributed by atoms with van der Waals surface area (Å²) in [5, 5.41) is 3.16. The van der Waals surface area contributed by atoms with Crippen LogP contribution in [-0.4, -0.2) is 50.3 Å². The van der Waals surface area contributed by atoms with Crippen molar-refractivity contribution >= 4 is 35.6 Å². The monoisotopic (exact) mass is 432 g/mol. The topological polar surface area (TPSA) is 62.9 Å². The van der Waals surface area contributed by atoms with Crippen LogP contribution < -0.4 is 11.1 Å². The van der Waals surface area contributed by atoms with E-state index in [-0.39, 0.29) is 24.0 Å². The summed E-state index contributed by atoms with van der Waals surface area (Å²) in [4.78, 5) is 6.89. The second-order valence-electron chi connectivity index (χ2n) is 6.17. The molecule has 6 heteroatoms. The summed E-state index contributed by atoms with van der Waals surface area (Å²) in [6.07, 6.45) is 0. The van der Waals surface area contributed by atoms with Gasteiger partial charge in [0, 0.05) is 31.9 Å². The Morgan fingerprint density at radius 2 is 2.00 bits per heavy atom. The van der Waals surface area contributed by atoms with E-state index in [1.165, 1.54) is 11.1 Å². The number of nitrogens with two attached hydrogens (primary N) is 1. The number of rotatable bonds is 5. The number of ether oxygens (including phenoxy) is 1. The summed E-state index contributed by atoms with van der Waals surface area (Å²) in [5.41, 5.74) is 9.50. The van der Waals surface area contributed by atoms with E-state index >= 15 is 0 Å². The molecule has 2 rings (SSSR count). The zero-order chi connectivity index (χ0) is 15.9. The predicted molar refractivity (Wildman–Crippen MR) is 108 cm³/mol. The smallest absolute Gasteiger partial charge is 0.193 e. The van der Waals surface area contributed by atoms with Crippen molar-refractivity contribution < 1.29 is 4.74 Å². The third-order valence-corrected chi connectivity index (χ3v) is 4.03. The predicted octanol–water partition coefficient (Wildman–Crippen LogP) is 2.62. The van der Waals surface area contributed by atoms with E-state index in [0.717, 1.165) is 45.1 Å². The standard InChI is InChI=1S/C17H28N4O.HI/c1-13(12-21-6-8-22-9-7-21)11-19-17(18)20-16-5-4-14(2)15(3)10-16;/h4-5,10,13H,6-9,11-12H2,1-3H3,(H3,18,19,20);1H. The van der Waals surface area contributed by atoms with Gasteiger partial charge in [-0.2, -0.15) is 0 Å². The molecule has 1 aliphatic heterocycles. The van der Waals surface area contributed by atoms with Crippen molar-refractivity contribution in [1.29, 1.82) is 0 Å². The van der Waals surface area contributed by atoms with Crippen molar-refractivity contribution in [3.05, 3.63) is 29.3 Å². The molecule has 1 fully saturated rings. The highest BCUT2D eigenvalue weighted by Gasteiger charge is 2.13. The third-order valence-electron chi connectivity index (χ3n) is 4.03. The van der Waals surface area contributed by atoms with Crippen molar-refractivity contribution in [2.24, 2.45) is 16.6 Å². The van der Waals surface area contributed by atoms with E-state index in [0.29, 0.717) is 11.9 Å². The van der Waals surface area contributed by atoms with E-state index in [1.807, 2.05) is 6.07 Å². The molecule has 0 radical (unpaired) electrons. The van der Waals surface area contributed by atoms with E-state index in [1.54, 1.807) is 0 Å². The number of nitrogens with zero attached hydrogens (tertiary/aromatic N) is 2. The normalized spacial score (nSPS) is 17.4. The Morgan fingerprint density at radius 1 is 1.30 bits per heavy atom. The van der Waals surface area contributed by atoms with Crippen LogP contribution in [0.4, 0.5) is 5.69 Å². The van der Waals surface area contributed by atoms with Crippen molar-refractivity contribution in [2.75, 3.05) is 44.7 Å². The maximum Gasteiger partial charge on any atom is 0.193 e. The summed E-state index contributed by atoms with van der Waals surface area (Å²) in [7, 11) is 0. The second-order valence-corrected chi connectivity index (χ2v) is 6.17. The Hall–Kier alpha value is -0.860. The highest BCUT2D eigenvalue weighted by atomic mass is 127. The summed E-state index contributed by atoms with van der Waals surface area (Å²) >= 11 is 0. The number of aliphatic imine (C=N–C) groups is 1. The lowest BCUT2D eigenvalue weighted by Gasteiger charge is -2.28. The van der Waals surface area contributed by atoms with Crippen molar-refractivity contribution in [3.8, 4) is 0 Å². The number of hydrogen-bond donors (Lipinski definition) is 2. The maximum atomic E-state index is 5.98. The van der Waals surface area contributed by atoms with Crippen molar-refractivity contribution in [3.63, 3.8) is 0 Å². The third kappa shape index (κ3) is 7.05. The van der Waals surface area contributed by atoms with Crippen molar-refractivity contribution in [2.45, 2.75) is 20.8 Å². The molecule has 0 amide bonds. The fourth-order valence-corrected chi connectivity index (χ4v) is 2.54. The minimum absolute atomic E-state index is 0. The molecule has 5 nitrogen and oxygen atoms in total. The summed E-state index contributed by atoms with van der Waals surface area (Å²) in [6, 6.07) is 6.21. The zero-order valence-corrected chi connectivity index (χ0v) is 16.7. The molecule has 1 aromatic carbocycles. The van der Waals surface area contributed by atoms with Gasteiger partial charge in [0.2, 0.25) is 0 Å². The number of guanidine groups is 1. The molecule has 0 spiro atoms. The van der Waals surface area contributed by atoms with Crippen LogP contribution in [0.3, 0.4) is 0 Å². The molecular formula is C17H29IN4O. The molecule has 1 heterocycles. The van der Waals surface area contributed by atoms with Gasteiger partial charge in [0.15, 0.2) is 5.96 Å². The van der Waals surface area contributed by atoms with Crippen LogP contribution in [-0.2, 0) is 4.74 Å². The molecule has 1 aromatic rings. The van der Waals surface area contributed by atoms with Crippen LogP contribution in [0.5, 0.6) is 0 Å². The van der Waals surface area contributed by atoms with Crippen LogP contribution in [0, 0.1) is 19.8 Å². The average molecular weight is 432 g/mol. The lowest BCUT2D eigenvalue weighted by Crippen LogP contribution is -2.39. The van der Waals surface area contributed by atoms with Gasteiger partial charge in [0.05, 0.1) is 13.2 Å². The number of nitrogens with one attached hydrogen (secondary N) is 1. The molecule has 23 heavy (non-hydrogen) atoms. The largest absolute Gasteiger partial charge is 0.379 e. The summed E-state index contributed by atoms with van der Waals surface area (Å²) in [5.74, 6) is 0.968. The molecule has 130 valence electrons. The fourth-order valence-electron chi connectivity index (χ4n) is 2.54. The molecule has 0 aliphatic carbocycles. The number of morpholine rings is 1. The first-order valence-corrected chi connectivity index (χ1v) is 7.99. The zero-order valence-electron chi connectivity index (χ0n) is 14.3. The summed E-state index contributed by atoms with van der Waals surface area (Å²) < 4.78 is 5.36. The minimum Gasteiger partial charge on any atom is -0.379 e. The SMILES string of the molecule is Cc1ccc(NC(N)=NCC(C)CN2CCOCC2)cc1C.I. The van der Waals surface area contributed by atoms with Gasteiger partial charge in [-0.05, 0) is 43.0 Å². The molecule has 0 aromatic heterocycles. The number of benzene rings is 1. The average Bonchev–Trinajstić information content (AvgIpc) is 2.50. The Labute approximate surface area is 156 Å². The quantitative estimate of drug-likeness (QED) is 0.427. The van der Waals surface area contributed by atoms with Gasteiger partial charge in [-0.1, -0.05) is 13.0 Å². The number of aryl methyl sites for hydroxylation is 2. The van der Waals surface area contributed by atoms with E-state index in [4.69, 9.17) is 10.5 Å². The first-order chi connectivity index (χ1) is 10.5. The second kappa shape index (κ2) is 10.1. The molecule has 1 saturated heterocycles. The van der Waals surface area contributed by atoms with E-state index in [9.17, 15) is 0 Å². The minimum atomic E-state index is 0. The van der Waals surface area contributed by atoms with Crippen LogP contribution in [0.1, 0.15) is 18.1 Å². The Bertz CT molecular complexity index is 515. The van der Waals surface area contributed by atoms with Gasteiger partial charge < -0.3 is 15.8 Å². The lowest BCUT2D eigenvalue weighted by atomic mass is 10.1. The summed E-state index contributed by atoms with van der Waals surface area (Å²) in [6.45, 7) is 11.9. The van der Waals surface area contributed by atoms with Gasteiger partial charge in [-0.25, -0.2) is 0 Å². The van der Waals surface area contributed by atoms with Crippen LogP contribution in [0.25, 0.3) is 0 Å². The van der Waals surface area contributed by atoms with Crippen LogP contribution in [0.2, 0.25) is 0 Å². The Kier molecular flexibility index (Phi) is 8.86. The molecule has 0 bridgehead atoms. The van der Waals surface area contributed by atoms with Crippen LogP contribution >= 0.6 is 24.0 Å². The molecule has 1 aliphatic rings. The number of anilines is 1. The van der Waals surface area contributed by atoms with Gasteiger partial charge in [0.25, 0.3) is 0 Å². The maximum absolute atomic E-state index is 5.98. The van der Waals surface area contributed by atoms with Crippen LogP contribution in [0.15, 0.2) is 23.2 Å². The molecular weight excluding hydrogens is 403 g/mol. The molecule has 1 unspecified atom stereocenters. The lowest BCUT2D eigenvalue weighted by molar-refractivity contribution is 0.0323. The van der Waals surface area contributed by atoms with Gasteiger partial charge >= 0.3 is 0 Å². The highest BCUT2D eigenvalue weighted by molar-refractivity contribution is 14.0. The molecule has 0 saturated carbocycles. The van der Waals surface area contributed by atoms with Gasteiger partial charge in [-0.3, -0.25) is 9.89 Å². The van der Waals surface area contributed by atoms with Crippen molar-refractivity contribution in [1.82, 2.24) is 4.90 Å². The Morgan fingerprint density at radius 3 is 2.65 bits per heavy atom. The number of hydrogen-bond acceptors (Lipinski definition) is 3. The molecule has 3 N–H and O–H groups in total. The first kappa shape index (κ1) is 20.2. The number of halogens is 1. The van der Waals surface area contributed by atoms with E-state index < -0.39 is 0 Å². The molecule has 1 atom stereocenters. The van der Waals surface area contributed by atoms with Gasteiger partial charge in [-0.15, -0.1) is 24.0 Å². The fraction of sp³-hybridized carbons (Fsp3) is 0.588.